The zero-order valence-corrected chi connectivity index (χ0v) is 23.5. The molecule has 0 radical (unpaired) electrons. The van der Waals surface area contributed by atoms with Crippen molar-refractivity contribution in [3.8, 4) is 5.75 Å². The number of nitrogens with zero attached hydrogens (tertiary/aromatic N) is 1. The van der Waals surface area contributed by atoms with Crippen molar-refractivity contribution >= 4 is 25.8 Å². The Hall–Kier alpha value is -2.48. The van der Waals surface area contributed by atoms with Crippen LogP contribution in [0, 0.1) is 13.8 Å². The van der Waals surface area contributed by atoms with Crippen LogP contribution in [0.3, 0.4) is 0 Å². The molecule has 3 aromatic rings. The SMILES string of the molecule is CCC(C)(Pc1c(C)cccc1C=Nc1ccccc1)c1cc(C)cc(C(C)(C)C)c1OCOC. The predicted molar refractivity (Wildman–Crippen MR) is 153 cm³/mol. The first-order valence-corrected chi connectivity index (χ1v) is 13.3. The minimum atomic E-state index is -0.101. The Balaban J connectivity index is 2.12. The van der Waals surface area contributed by atoms with Crippen LogP contribution in [0.15, 0.2) is 65.7 Å². The van der Waals surface area contributed by atoms with Crippen LogP contribution in [-0.2, 0) is 15.3 Å². The zero-order valence-electron chi connectivity index (χ0n) is 22.5. The molecule has 0 saturated heterocycles. The average molecular weight is 490 g/mol. The van der Waals surface area contributed by atoms with Gasteiger partial charge >= 0.3 is 0 Å². The maximum absolute atomic E-state index is 6.31. The van der Waals surface area contributed by atoms with Crippen molar-refractivity contribution in [1.29, 1.82) is 0 Å². The first-order chi connectivity index (χ1) is 16.6. The van der Waals surface area contributed by atoms with Gasteiger partial charge in [0.15, 0.2) is 6.79 Å². The number of aliphatic imine (C=N–C) groups is 1. The Morgan fingerprint density at radius 1 is 0.914 bits per heavy atom. The van der Waals surface area contributed by atoms with E-state index in [0.717, 1.165) is 17.9 Å². The zero-order chi connectivity index (χ0) is 25.6. The molecule has 0 aliphatic rings. The second kappa shape index (κ2) is 11.5. The normalized spacial score (nSPS) is 14.1. The summed E-state index contributed by atoms with van der Waals surface area (Å²) in [5.74, 6) is 0.967. The number of methoxy groups -OCH3 is 1. The summed E-state index contributed by atoms with van der Waals surface area (Å²) in [5, 5.41) is 1.25. The number of aryl methyl sites for hydroxylation is 2. The smallest absolute Gasteiger partial charge is 0.188 e. The Morgan fingerprint density at radius 2 is 1.60 bits per heavy atom. The number of rotatable bonds is 9. The van der Waals surface area contributed by atoms with Crippen molar-refractivity contribution in [2.75, 3.05) is 13.9 Å². The van der Waals surface area contributed by atoms with Gasteiger partial charge in [-0.1, -0.05) is 97.3 Å². The van der Waals surface area contributed by atoms with Crippen molar-refractivity contribution in [3.05, 3.63) is 88.5 Å². The predicted octanol–water partition coefficient (Wildman–Crippen LogP) is 7.96. The fourth-order valence-electron chi connectivity index (χ4n) is 4.26. The van der Waals surface area contributed by atoms with Gasteiger partial charge in [0, 0.05) is 35.2 Å². The lowest BCUT2D eigenvalue weighted by atomic mass is 9.81. The van der Waals surface area contributed by atoms with Crippen molar-refractivity contribution in [1.82, 2.24) is 0 Å². The molecule has 2 atom stereocenters. The summed E-state index contributed by atoms with van der Waals surface area (Å²) in [6.45, 7) is 16.0. The molecule has 3 rings (SSSR count). The minimum Gasteiger partial charge on any atom is -0.467 e. The fourth-order valence-corrected chi connectivity index (χ4v) is 5.88. The van der Waals surface area contributed by atoms with Gasteiger partial charge in [-0.05, 0) is 48.7 Å². The van der Waals surface area contributed by atoms with Crippen LogP contribution in [0.4, 0.5) is 5.69 Å². The van der Waals surface area contributed by atoms with Gasteiger partial charge in [-0.2, -0.15) is 0 Å². The third-order valence-corrected chi connectivity index (χ3v) is 8.59. The lowest BCUT2D eigenvalue weighted by Crippen LogP contribution is -2.25. The topological polar surface area (TPSA) is 30.8 Å². The molecule has 4 heteroatoms. The summed E-state index contributed by atoms with van der Waals surface area (Å²) < 4.78 is 11.6. The molecule has 0 spiro atoms. The van der Waals surface area contributed by atoms with E-state index >= 15 is 0 Å². The highest BCUT2D eigenvalue weighted by molar-refractivity contribution is 7.49. The third-order valence-electron chi connectivity index (χ3n) is 6.48. The van der Waals surface area contributed by atoms with Gasteiger partial charge in [-0.25, -0.2) is 0 Å². The maximum atomic E-state index is 6.31. The van der Waals surface area contributed by atoms with Gasteiger partial charge in [0.2, 0.25) is 0 Å². The summed E-state index contributed by atoms with van der Waals surface area (Å²) in [6.07, 6.45) is 3.01. The van der Waals surface area contributed by atoms with Crippen molar-refractivity contribution < 1.29 is 9.47 Å². The van der Waals surface area contributed by atoms with E-state index in [4.69, 9.17) is 14.5 Å². The Morgan fingerprint density at radius 3 is 2.23 bits per heavy atom. The second-order valence-electron chi connectivity index (χ2n) is 10.4. The van der Waals surface area contributed by atoms with Crippen LogP contribution < -0.4 is 10.0 Å². The van der Waals surface area contributed by atoms with E-state index in [9.17, 15) is 0 Å². The van der Waals surface area contributed by atoms with E-state index in [1.807, 2.05) is 36.5 Å². The number of hydrogen-bond donors (Lipinski definition) is 0. The molecule has 0 heterocycles. The highest BCUT2D eigenvalue weighted by Gasteiger charge is 2.33. The summed E-state index contributed by atoms with van der Waals surface area (Å²) >= 11 is 0. The van der Waals surface area contributed by atoms with Crippen molar-refractivity contribution in [2.24, 2.45) is 4.99 Å². The highest BCUT2D eigenvalue weighted by Crippen LogP contribution is 2.50. The molecule has 0 amide bonds. The van der Waals surface area contributed by atoms with E-state index < -0.39 is 0 Å². The molecule has 0 bridgehead atoms. The van der Waals surface area contributed by atoms with Gasteiger partial charge in [0.25, 0.3) is 0 Å². The molecular weight excluding hydrogens is 449 g/mol. The molecule has 0 fully saturated rings. The minimum absolute atomic E-state index is 0.0439. The Bertz CT molecular complexity index is 1160. The van der Waals surface area contributed by atoms with E-state index in [1.54, 1.807) is 7.11 Å². The Labute approximate surface area is 213 Å². The first kappa shape index (κ1) is 27.1. The molecule has 0 N–H and O–H groups in total. The summed E-state index contributed by atoms with van der Waals surface area (Å²) in [4.78, 5) is 4.76. The van der Waals surface area contributed by atoms with Crippen LogP contribution >= 0.6 is 8.58 Å². The summed E-state index contributed by atoms with van der Waals surface area (Å²) in [5.41, 5.74) is 7.13. The fraction of sp³-hybridized carbons (Fsp3) is 0.387. The van der Waals surface area contributed by atoms with E-state index in [1.165, 1.54) is 33.1 Å². The standard InChI is InChI=1S/C31H40NO2P/c1-9-31(7,27-19-22(2)18-26(30(4,5)6)28(27)34-21-33-8)35-29-23(3)14-13-15-24(29)20-32-25-16-11-10-12-17-25/h10-20,35H,9,21H2,1-8H3. The maximum Gasteiger partial charge on any atom is 0.188 e. The molecule has 0 aromatic heterocycles. The molecule has 35 heavy (non-hydrogen) atoms. The van der Waals surface area contributed by atoms with Crippen molar-refractivity contribution in [3.63, 3.8) is 0 Å². The number of ether oxygens (including phenoxy) is 2. The van der Waals surface area contributed by atoms with Crippen LogP contribution in [0.5, 0.6) is 5.75 Å². The van der Waals surface area contributed by atoms with Gasteiger partial charge in [0.1, 0.15) is 5.75 Å². The molecule has 3 nitrogen and oxygen atoms in total. The van der Waals surface area contributed by atoms with Gasteiger partial charge in [-0.3, -0.25) is 4.99 Å². The van der Waals surface area contributed by atoms with Crippen LogP contribution in [0.25, 0.3) is 0 Å². The molecule has 0 saturated carbocycles. The third kappa shape index (κ3) is 6.60. The van der Waals surface area contributed by atoms with Gasteiger partial charge < -0.3 is 9.47 Å². The quantitative estimate of drug-likeness (QED) is 0.173. The van der Waals surface area contributed by atoms with Gasteiger partial charge in [0.05, 0.1) is 5.69 Å². The van der Waals surface area contributed by atoms with Crippen LogP contribution in [0.1, 0.15) is 68.9 Å². The Kier molecular flexibility index (Phi) is 8.91. The number of hydrogen-bond acceptors (Lipinski definition) is 3. The molecule has 186 valence electrons. The van der Waals surface area contributed by atoms with Crippen molar-refractivity contribution in [2.45, 2.75) is 65.5 Å². The number of para-hydroxylation sites is 1. The second-order valence-corrected chi connectivity index (χ2v) is 12.3. The number of benzene rings is 3. The highest BCUT2D eigenvalue weighted by atomic mass is 31.1. The van der Waals surface area contributed by atoms with Gasteiger partial charge in [-0.15, -0.1) is 0 Å². The van der Waals surface area contributed by atoms with E-state index in [0.29, 0.717) is 8.58 Å². The molecule has 3 aromatic carbocycles. The van der Waals surface area contributed by atoms with Crippen LogP contribution in [-0.4, -0.2) is 20.1 Å². The molecule has 0 aliphatic carbocycles. The molecule has 0 aliphatic heterocycles. The molecular formula is C31H40NO2P. The molecule has 2 unspecified atom stereocenters. The average Bonchev–Trinajstić information content (AvgIpc) is 2.83. The largest absolute Gasteiger partial charge is 0.467 e. The lowest BCUT2D eigenvalue weighted by Gasteiger charge is -2.35. The van der Waals surface area contributed by atoms with E-state index in [-0.39, 0.29) is 17.4 Å². The lowest BCUT2D eigenvalue weighted by molar-refractivity contribution is 0.0487. The monoisotopic (exact) mass is 489 g/mol. The summed E-state index contributed by atoms with van der Waals surface area (Å²) in [7, 11) is 2.23. The van der Waals surface area contributed by atoms with E-state index in [2.05, 4.69) is 78.8 Å². The van der Waals surface area contributed by atoms with Crippen LogP contribution in [0.2, 0.25) is 0 Å². The summed E-state index contributed by atoms with van der Waals surface area (Å²) in [6, 6.07) is 21.2. The first-order valence-electron chi connectivity index (χ1n) is 12.3.